The first-order valence-corrected chi connectivity index (χ1v) is 13.8. The van der Waals surface area contributed by atoms with Gasteiger partial charge in [-0.15, -0.1) is 0 Å². The molecule has 7 nitrogen and oxygen atoms in total. The summed E-state index contributed by atoms with van der Waals surface area (Å²) >= 11 is 0. The number of benzene rings is 3. The molecule has 10 heteroatoms. The molecule has 0 aliphatic heterocycles. The molecule has 0 bridgehead atoms. The molecule has 1 N–H and O–H groups in total. The third-order valence-corrected chi connectivity index (χ3v) is 7.71. The normalized spacial score (nSPS) is 11.7. The molecule has 0 spiro atoms. The van der Waals surface area contributed by atoms with Gasteiger partial charge in [0.15, 0.2) is 0 Å². The van der Waals surface area contributed by atoms with Crippen LogP contribution in [0.5, 0.6) is 5.88 Å². The number of sulfonamides is 1. The average Bonchev–Trinajstić information content (AvgIpc) is 2.92. The quantitative estimate of drug-likeness (QED) is 0.246. The lowest BCUT2D eigenvalue weighted by atomic mass is 9.97. The number of nitrogens with zero attached hydrogens (tertiary/aromatic N) is 3. The van der Waals surface area contributed by atoms with Crippen LogP contribution >= 0.6 is 0 Å². The Morgan fingerprint density at radius 2 is 1.62 bits per heavy atom. The van der Waals surface area contributed by atoms with Gasteiger partial charge in [-0.2, -0.15) is 0 Å². The SMILES string of the molecule is COc1ncc(-c2ccc3nccc(-c4ccc(CN(C)C)cc4)c3c2)cc1NS(=O)(=O)c1ccc(F)cc1F. The highest BCUT2D eigenvalue weighted by Crippen LogP contribution is 2.34. The number of hydrogen-bond donors (Lipinski definition) is 1. The van der Waals surface area contributed by atoms with Gasteiger partial charge in [0.1, 0.15) is 22.2 Å². The molecule has 0 saturated carbocycles. The maximum Gasteiger partial charge on any atom is 0.264 e. The van der Waals surface area contributed by atoms with Gasteiger partial charge in [0, 0.05) is 36.0 Å². The van der Waals surface area contributed by atoms with Gasteiger partial charge >= 0.3 is 0 Å². The highest BCUT2D eigenvalue weighted by atomic mass is 32.2. The molecule has 0 radical (unpaired) electrons. The van der Waals surface area contributed by atoms with Crippen LogP contribution in [0.2, 0.25) is 0 Å². The number of fused-ring (bicyclic) bond motifs is 1. The first kappa shape index (κ1) is 27.2. The Morgan fingerprint density at radius 1 is 0.875 bits per heavy atom. The van der Waals surface area contributed by atoms with E-state index in [9.17, 15) is 17.2 Å². The van der Waals surface area contributed by atoms with Crippen LogP contribution in [0.1, 0.15) is 5.56 Å². The second-order valence-electron chi connectivity index (χ2n) is 9.49. The Hall–Kier alpha value is -4.41. The molecule has 3 aromatic carbocycles. The molecule has 0 unspecified atom stereocenters. The average molecular weight is 561 g/mol. The van der Waals surface area contributed by atoms with Crippen LogP contribution in [0.4, 0.5) is 14.5 Å². The fourth-order valence-electron chi connectivity index (χ4n) is 4.47. The minimum atomic E-state index is -4.41. The second-order valence-corrected chi connectivity index (χ2v) is 11.1. The van der Waals surface area contributed by atoms with E-state index in [-0.39, 0.29) is 11.6 Å². The van der Waals surface area contributed by atoms with Crippen LogP contribution in [-0.4, -0.2) is 44.5 Å². The standard InChI is InChI=1S/C30H26F2N4O3S/c1-36(2)18-19-4-6-20(7-5-19)24-12-13-33-27-10-8-21(14-25(24)27)22-15-28(30(39-3)34-17-22)35-40(37,38)29-11-9-23(31)16-26(29)32/h4-17,35H,18H2,1-3H3. The molecule has 0 saturated heterocycles. The van der Waals surface area contributed by atoms with E-state index in [1.54, 1.807) is 18.5 Å². The second kappa shape index (κ2) is 11.0. The number of halogens is 2. The van der Waals surface area contributed by atoms with Crippen molar-refractivity contribution in [1.29, 1.82) is 0 Å². The predicted octanol–water partition coefficient (Wildman–Crippen LogP) is 6.11. The maximum atomic E-state index is 14.3. The van der Waals surface area contributed by atoms with Gasteiger partial charge in [-0.3, -0.25) is 9.71 Å². The number of hydrogen-bond acceptors (Lipinski definition) is 6. The predicted molar refractivity (Wildman–Crippen MR) is 152 cm³/mol. The third kappa shape index (κ3) is 5.63. The van der Waals surface area contributed by atoms with Crippen molar-refractivity contribution in [2.24, 2.45) is 0 Å². The largest absolute Gasteiger partial charge is 0.480 e. The number of methoxy groups -OCH3 is 1. The summed E-state index contributed by atoms with van der Waals surface area (Å²) in [7, 11) is 0.988. The van der Waals surface area contributed by atoms with Crippen LogP contribution in [0.3, 0.4) is 0 Å². The number of pyridine rings is 2. The van der Waals surface area contributed by atoms with E-state index in [2.05, 4.69) is 43.9 Å². The number of anilines is 1. The lowest BCUT2D eigenvalue weighted by Crippen LogP contribution is -2.15. The van der Waals surface area contributed by atoms with Crippen molar-refractivity contribution in [2.45, 2.75) is 11.4 Å². The summed E-state index contributed by atoms with van der Waals surface area (Å²) in [6, 6.07) is 19.8. The number of nitrogens with one attached hydrogen (secondary N) is 1. The molecule has 0 aliphatic carbocycles. The minimum Gasteiger partial charge on any atom is -0.480 e. The first-order valence-electron chi connectivity index (χ1n) is 12.3. The zero-order chi connectivity index (χ0) is 28.4. The molecular formula is C30H26F2N4O3S. The van der Waals surface area contributed by atoms with Gasteiger partial charge in [-0.05, 0) is 72.7 Å². The smallest absolute Gasteiger partial charge is 0.264 e. The molecule has 0 atom stereocenters. The Balaban J connectivity index is 1.54. The summed E-state index contributed by atoms with van der Waals surface area (Å²) in [6.45, 7) is 0.839. The molecule has 2 aromatic heterocycles. The van der Waals surface area contributed by atoms with E-state index >= 15 is 0 Å². The van der Waals surface area contributed by atoms with Crippen molar-refractivity contribution in [3.63, 3.8) is 0 Å². The van der Waals surface area contributed by atoms with E-state index in [0.717, 1.165) is 46.3 Å². The fraction of sp³-hybridized carbons (Fsp3) is 0.133. The van der Waals surface area contributed by atoms with Crippen LogP contribution in [-0.2, 0) is 16.6 Å². The molecule has 5 aromatic rings. The summed E-state index contributed by atoms with van der Waals surface area (Å²) in [5.74, 6) is -2.09. The highest BCUT2D eigenvalue weighted by molar-refractivity contribution is 7.92. The number of aromatic nitrogens is 2. The Morgan fingerprint density at radius 3 is 2.33 bits per heavy atom. The van der Waals surface area contributed by atoms with Crippen molar-refractivity contribution in [1.82, 2.24) is 14.9 Å². The van der Waals surface area contributed by atoms with E-state index in [4.69, 9.17) is 4.74 Å². The number of rotatable bonds is 8. The summed E-state index contributed by atoms with van der Waals surface area (Å²) in [5.41, 5.74) is 5.39. The van der Waals surface area contributed by atoms with Gasteiger partial charge in [0.25, 0.3) is 10.0 Å². The Kier molecular flexibility index (Phi) is 7.46. The fourth-order valence-corrected chi connectivity index (χ4v) is 5.58. The molecule has 40 heavy (non-hydrogen) atoms. The molecule has 204 valence electrons. The maximum absolute atomic E-state index is 14.3. The van der Waals surface area contributed by atoms with Crippen molar-refractivity contribution >= 4 is 26.6 Å². The van der Waals surface area contributed by atoms with Gasteiger partial charge in [-0.25, -0.2) is 22.2 Å². The molecular weight excluding hydrogens is 534 g/mol. The van der Waals surface area contributed by atoms with Crippen molar-refractivity contribution < 1.29 is 21.9 Å². The van der Waals surface area contributed by atoms with Gasteiger partial charge in [-0.1, -0.05) is 30.3 Å². The van der Waals surface area contributed by atoms with Crippen molar-refractivity contribution in [2.75, 3.05) is 25.9 Å². The number of ether oxygens (including phenoxy) is 1. The summed E-state index contributed by atoms with van der Waals surface area (Å²) < 4.78 is 61.1. The van der Waals surface area contributed by atoms with Crippen LogP contribution in [0.15, 0.2) is 90.1 Å². The molecule has 0 amide bonds. The minimum absolute atomic E-state index is 0.00389. The topological polar surface area (TPSA) is 84.4 Å². The van der Waals surface area contributed by atoms with E-state index < -0.39 is 26.6 Å². The van der Waals surface area contributed by atoms with Crippen molar-refractivity contribution in [3.8, 4) is 28.1 Å². The summed E-state index contributed by atoms with van der Waals surface area (Å²) in [6.07, 6.45) is 3.32. The first-order chi connectivity index (χ1) is 19.1. The Bertz CT molecular complexity index is 1810. The molecule has 0 fully saturated rings. The molecule has 5 rings (SSSR count). The van der Waals surface area contributed by atoms with Gasteiger partial charge < -0.3 is 9.64 Å². The molecule has 0 aliphatic rings. The van der Waals surface area contributed by atoms with Crippen LogP contribution in [0.25, 0.3) is 33.2 Å². The lowest BCUT2D eigenvalue weighted by Gasteiger charge is -2.14. The zero-order valence-electron chi connectivity index (χ0n) is 22.0. The molecule has 2 heterocycles. The summed E-state index contributed by atoms with van der Waals surface area (Å²) in [4.78, 5) is 10.2. The summed E-state index contributed by atoms with van der Waals surface area (Å²) in [5, 5.41) is 0.909. The highest BCUT2D eigenvalue weighted by Gasteiger charge is 2.22. The van der Waals surface area contributed by atoms with Crippen LogP contribution < -0.4 is 9.46 Å². The van der Waals surface area contributed by atoms with Gasteiger partial charge in [0.05, 0.1) is 12.6 Å². The zero-order valence-corrected chi connectivity index (χ0v) is 22.8. The third-order valence-electron chi connectivity index (χ3n) is 6.31. The van der Waals surface area contributed by atoms with E-state index in [1.165, 1.54) is 12.7 Å². The van der Waals surface area contributed by atoms with Crippen LogP contribution in [0, 0.1) is 11.6 Å². The van der Waals surface area contributed by atoms with Crippen molar-refractivity contribution in [3.05, 3.63) is 102 Å². The van der Waals surface area contributed by atoms with E-state index in [1.807, 2.05) is 38.4 Å². The van der Waals surface area contributed by atoms with E-state index in [0.29, 0.717) is 11.6 Å². The van der Waals surface area contributed by atoms with Gasteiger partial charge in [0.2, 0.25) is 5.88 Å². The Labute approximate surface area is 231 Å². The lowest BCUT2D eigenvalue weighted by molar-refractivity contribution is 0.400. The monoisotopic (exact) mass is 560 g/mol.